The summed E-state index contributed by atoms with van der Waals surface area (Å²) in [6.07, 6.45) is -1.19. The van der Waals surface area contributed by atoms with Gasteiger partial charge >= 0.3 is 14.0 Å². The van der Waals surface area contributed by atoms with Crippen molar-refractivity contribution in [3.8, 4) is 5.75 Å². The normalized spacial score (nSPS) is 14.4. The van der Waals surface area contributed by atoms with Gasteiger partial charge in [0.25, 0.3) is 0 Å². The third-order valence-corrected chi connectivity index (χ3v) is 5.49. The fourth-order valence-corrected chi connectivity index (χ4v) is 3.39. The van der Waals surface area contributed by atoms with Crippen LogP contribution in [-0.2, 0) is 21.7 Å². The van der Waals surface area contributed by atoms with Crippen LogP contribution in [0.5, 0.6) is 5.75 Å². The van der Waals surface area contributed by atoms with Gasteiger partial charge in [0.05, 0.1) is 30.9 Å². The van der Waals surface area contributed by atoms with Crippen molar-refractivity contribution < 1.29 is 41.9 Å². The molecule has 0 aliphatic carbocycles. The van der Waals surface area contributed by atoms with Gasteiger partial charge in [0, 0.05) is 4.47 Å². The van der Waals surface area contributed by atoms with Crippen molar-refractivity contribution in [1.82, 2.24) is 0 Å². The highest BCUT2D eigenvalue weighted by Gasteiger charge is 2.34. The topological polar surface area (TPSA) is 122 Å². The largest absolute Gasteiger partial charge is 0.493 e. The summed E-state index contributed by atoms with van der Waals surface area (Å²) in [6, 6.07) is 11.0. The second-order valence-electron chi connectivity index (χ2n) is 7.32. The first-order valence-corrected chi connectivity index (χ1v) is 12.0. The predicted molar refractivity (Wildman–Crippen MR) is 120 cm³/mol. The quantitative estimate of drug-likeness (QED) is 0.242. The van der Waals surface area contributed by atoms with Crippen LogP contribution in [0, 0.1) is 0 Å². The maximum atomic E-state index is 13.6. The molecule has 2 aromatic rings. The van der Waals surface area contributed by atoms with Crippen molar-refractivity contribution in [2.24, 2.45) is 5.73 Å². The number of hydrogen-bond acceptors (Lipinski definition) is 5. The van der Waals surface area contributed by atoms with Crippen molar-refractivity contribution in [2.45, 2.75) is 24.6 Å². The molecule has 0 radical (unpaired) electrons. The van der Waals surface area contributed by atoms with Gasteiger partial charge in [0.15, 0.2) is 0 Å². The number of halogens is 4. The summed E-state index contributed by atoms with van der Waals surface area (Å²) in [7, 11) is -4.84. The SMILES string of the molecule is NC(C=Cc1ccc(OCCCc2ccc(Br)cc2)c(C(F)(F)F)c1)(CO)COP(=O)(O)O. The van der Waals surface area contributed by atoms with E-state index in [2.05, 4.69) is 20.5 Å². The van der Waals surface area contributed by atoms with Crippen LogP contribution in [0.2, 0.25) is 0 Å². The highest BCUT2D eigenvalue weighted by molar-refractivity contribution is 9.10. The van der Waals surface area contributed by atoms with Crippen LogP contribution in [0.15, 0.2) is 53.0 Å². The second-order valence-corrected chi connectivity index (χ2v) is 9.48. The summed E-state index contributed by atoms with van der Waals surface area (Å²) in [5.74, 6) is -0.318. The molecule has 33 heavy (non-hydrogen) atoms. The zero-order valence-corrected chi connectivity index (χ0v) is 19.8. The first-order chi connectivity index (χ1) is 15.3. The van der Waals surface area contributed by atoms with Gasteiger partial charge in [0.1, 0.15) is 5.75 Å². The number of rotatable bonds is 11. The summed E-state index contributed by atoms with van der Waals surface area (Å²) in [5, 5.41) is 9.39. The van der Waals surface area contributed by atoms with Gasteiger partial charge in [-0.2, -0.15) is 13.2 Å². The Hall–Kier alpha value is -1.72. The average Bonchev–Trinajstić information content (AvgIpc) is 2.74. The molecule has 1 atom stereocenters. The second kappa shape index (κ2) is 11.6. The predicted octanol–water partition coefficient (Wildman–Crippen LogP) is 4.29. The van der Waals surface area contributed by atoms with Gasteiger partial charge in [-0.25, -0.2) is 4.57 Å². The lowest BCUT2D eigenvalue weighted by molar-refractivity contribution is -0.139. The number of aliphatic hydroxyl groups excluding tert-OH is 1. The molecule has 5 N–H and O–H groups in total. The monoisotopic (exact) mass is 553 g/mol. The number of phosphoric ester groups is 1. The van der Waals surface area contributed by atoms with Gasteiger partial charge in [-0.05, 0) is 48.2 Å². The number of benzene rings is 2. The van der Waals surface area contributed by atoms with Crippen LogP contribution < -0.4 is 10.5 Å². The maximum Gasteiger partial charge on any atom is 0.469 e. The van der Waals surface area contributed by atoms with E-state index in [0.717, 1.165) is 22.2 Å². The molecule has 1 unspecified atom stereocenters. The lowest BCUT2D eigenvalue weighted by Gasteiger charge is -2.23. The number of aliphatic hydroxyl groups is 1. The van der Waals surface area contributed by atoms with Crippen LogP contribution in [0.25, 0.3) is 6.08 Å². The number of ether oxygens (including phenoxy) is 1. The Morgan fingerprint density at radius 3 is 2.36 bits per heavy atom. The third kappa shape index (κ3) is 9.58. The van der Waals surface area contributed by atoms with Gasteiger partial charge in [-0.1, -0.05) is 46.3 Å². The first kappa shape index (κ1) is 27.5. The Balaban J connectivity index is 2.09. The lowest BCUT2D eigenvalue weighted by atomic mass is 10.0. The highest BCUT2D eigenvalue weighted by Crippen LogP contribution is 2.38. The van der Waals surface area contributed by atoms with Gasteiger partial charge in [-0.3, -0.25) is 4.52 Å². The van der Waals surface area contributed by atoms with Crippen molar-refractivity contribution >= 4 is 29.8 Å². The van der Waals surface area contributed by atoms with E-state index in [0.29, 0.717) is 12.8 Å². The number of nitrogens with two attached hydrogens (primary N) is 1. The zero-order chi connectivity index (χ0) is 24.7. The maximum absolute atomic E-state index is 13.6. The molecule has 0 aliphatic rings. The Labute approximate surface area is 197 Å². The van der Waals surface area contributed by atoms with Gasteiger partial charge < -0.3 is 25.4 Å². The third-order valence-electron chi connectivity index (χ3n) is 4.49. The number of phosphoric acid groups is 1. The molecule has 0 spiro atoms. The zero-order valence-electron chi connectivity index (χ0n) is 17.3. The standard InChI is InChI=1S/C21H24BrF3NO6P/c22-17-6-3-15(4-7-17)2-1-11-31-19-8-5-16(12-18(19)21(23,24)25)9-10-20(26,13-27)14-32-33(28,29)30/h3-10,12,27H,1-2,11,13-14,26H2,(H2,28,29,30). The molecule has 182 valence electrons. The summed E-state index contributed by atoms with van der Waals surface area (Å²) in [4.78, 5) is 17.5. The van der Waals surface area contributed by atoms with E-state index in [4.69, 9.17) is 20.3 Å². The van der Waals surface area contributed by atoms with Crippen LogP contribution in [0.3, 0.4) is 0 Å². The summed E-state index contributed by atoms with van der Waals surface area (Å²) >= 11 is 3.34. The number of aryl methyl sites for hydroxylation is 1. The van der Waals surface area contributed by atoms with Crippen molar-refractivity contribution in [3.63, 3.8) is 0 Å². The van der Waals surface area contributed by atoms with Crippen molar-refractivity contribution in [3.05, 3.63) is 69.7 Å². The number of hydrogen-bond donors (Lipinski definition) is 4. The Kier molecular flexibility index (Phi) is 9.69. The van der Waals surface area contributed by atoms with E-state index < -0.39 is 38.3 Å². The average molecular weight is 554 g/mol. The Morgan fingerprint density at radius 2 is 1.79 bits per heavy atom. The molecule has 0 saturated heterocycles. The van der Waals surface area contributed by atoms with Crippen LogP contribution in [-0.4, -0.2) is 40.3 Å². The molecule has 0 fully saturated rings. The molecule has 2 rings (SSSR count). The van der Waals surface area contributed by atoms with E-state index in [1.807, 2.05) is 24.3 Å². The highest BCUT2D eigenvalue weighted by atomic mass is 79.9. The minimum absolute atomic E-state index is 0.0878. The fourth-order valence-electron chi connectivity index (χ4n) is 2.72. The van der Waals surface area contributed by atoms with E-state index in [1.165, 1.54) is 18.2 Å². The molecule has 0 aliphatic heterocycles. The molecule has 0 aromatic heterocycles. The van der Waals surface area contributed by atoms with Crippen LogP contribution in [0.1, 0.15) is 23.1 Å². The molecule has 12 heteroatoms. The molecule has 0 heterocycles. The molecular formula is C21H24BrF3NO6P. The van der Waals surface area contributed by atoms with Crippen LogP contribution in [0.4, 0.5) is 13.2 Å². The van der Waals surface area contributed by atoms with Gasteiger partial charge in [-0.15, -0.1) is 0 Å². The number of alkyl halides is 3. The lowest BCUT2D eigenvalue weighted by Crippen LogP contribution is -2.45. The summed E-state index contributed by atoms with van der Waals surface area (Å²) < 4.78 is 62.1. The Bertz CT molecular complexity index is 996. The van der Waals surface area contributed by atoms with Crippen LogP contribution >= 0.6 is 23.8 Å². The minimum Gasteiger partial charge on any atom is -0.493 e. The Morgan fingerprint density at radius 1 is 1.12 bits per heavy atom. The summed E-state index contributed by atoms with van der Waals surface area (Å²) in [6.45, 7) is -1.41. The van der Waals surface area contributed by atoms with Gasteiger partial charge in [0.2, 0.25) is 0 Å². The van der Waals surface area contributed by atoms with E-state index in [9.17, 15) is 22.8 Å². The van der Waals surface area contributed by atoms with E-state index in [1.54, 1.807) is 0 Å². The molecule has 0 amide bonds. The van der Waals surface area contributed by atoms with Crippen molar-refractivity contribution in [1.29, 1.82) is 0 Å². The minimum atomic E-state index is -4.84. The summed E-state index contributed by atoms with van der Waals surface area (Å²) in [5.41, 5.74) is 4.24. The first-order valence-electron chi connectivity index (χ1n) is 9.69. The molecule has 7 nitrogen and oxygen atoms in total. The van der Waals surface area contributed by atoms with E-state index in [-0.39, 0.29) is 17.9 Å². The van der Waals surface area contributed by atoms with E-state index >= 15 is 0 Å². The smallest absolute Gasteiger partial charge is 0.469 e. The van der Waals surface area contributed by atoms with Crippen molar-refractivity contribution in [2.75, 3.05) is 19.8 Å². The molecular weight excluding hydrogens is 530 g/mol. The fraction of sp³-hybridized carbons (Fsp3) is 0.333. The molecule has 2 aromatic carbocycles. The molecule has 0 saturated carbocycles. The molecule has 0 bridgehead atoms.